The van der Waals surface area contributed by atoms with Crippen LogP contribution in [0.25, 0.3) is 0 Å². The molecule has 2 aromatic rings. The maximum atomic E-state index is 13.0. The third-order valence-corrected chi connectivity index (χ3v) is 6.13. The van der Waals surface area contributed by atoms with Crippen LogP contribution in [0.2, 0.25) is 0 Å². The van der Waals surface area contributed by atoms with Crippen LogP contribution in [-0.2, 0) is 16.4 Å². The van der Waals surface area contributed by atoms with E-state index >= 15 is 0 Å². The molecule has 0 radical (unpaired) electrons. The van der Waals surface area contributed by atoms with E-state index < -0.39 is 10.0 Å². The number of nitrogens with one attached hydrogen (secondary N) is 1. The zero-order valence-corrected chi connectivity index (χ0v) is 14.7. The van der Waals surface area contributed by atoms with Crippen LogP contribution < -0.4 is 9.62 Å². The molecule has 25 heavy (non-hydrogen) atoms. The first kappa shape index (κ1) is 17.4. The fourth-order valence-corrected chi connectivity index (χ4v) is 4.80. The molecule has 6 nitrogen and oxygen atoms in total. The number of benzene rings is 2. The van der Waals surface area contributed by atoms with Gasteiger partial charge in [0.05, 0.1) is 17.2 Å². The molecule has 0 bridgehead atoms. The lowest BCUT2D eigenvalue weighted by atomic mass is 10.1. The predicted octanol–water partition coefficient (Wildman–Crippen LogP) is 1.55. The fourth-order valence-electron chi connectivity index (χ4n) is 3.09. The maximum absolute atomic E-state index is 13.0. The van der Waals surface area contributed by atoms with Gasteiger partial charge in [-0.05, 0) is 49.2 Å². The van der Waals surface area contributed by atoms with Gasteiger partial charge in [-0.25, -0.2) is 8.42 Å². The third kappa shape index (κ3) is 3.25. The summed E-state index contributed by atoms with van der Waals surface area (Å²) in [5, 5.41) is 11.4. The number of hydrogen-bond donors (Lipinski definition) is 2. The molecule has 0 spiro atoms. The van der Waals surface area contributed by atoms with Crippen molar-refractivity contribution in [3.8, 4) is 0 Å². The molecule has 1 heterocycles. The van der Waals surface area contributed by atoms with Gasteiger partial charge in [0, 0.05) is 18.2 Å². The Kier molecular flexibility index (Phi) is 4.78. The van der Waals surface area contributed by atoms with Gasteiger partial charge in [-0.1, -0.05) is 18.2 Å². The van der Waals surface area contributed by atoms with E-state index in [1.165, 1.54) is 4.31 Å². The fraction of sp³-hybridized carbons (Fsp3) is 0.278. The van der Waals surface area contributed by atoms with Gasteiger partial charge < -0.3 is 10.4 Å². The molecule has 0 unspecified atom stereocenters. The molecule has 0 aromatic heterocycles. The van der Waals surface area contributed by atoms with Crippen molar-refractivity contribution in [2.75, 3.05) is 17.5 Å². The standard InChI is InChI=1S/C18H20N2O4S/c1-13-11-15-12-14(18(22)19-9-10-21)7-8-17(15)20(13)25(23,24)16-5-3-2-4-6-16/h2-8,12-13,21H,9-11H2,1H3,(H,19,22)/t13-/m1/s1. The van der Waals surface area contributed by atoms with Gasteiger partial charge in [-0.15, -0.1) is 0 Å². The number of amides is 1. The molecule has 7 heteroatoms. The SMILES string of the molecule is C[C@@H]1Cc2cc(C(=O)NCCO)ccc2N1S(=O)(=O)c1ccccc1. The minimum atomic E-state index is -3.65. The Morgan fingerprint density at radius 1 is 1.24 bits per heavy atom. The van der Waals surface area contributed by atoms with Gasteiger partial charge in [0.2, 0.25) is 0 Å². The van der Waals surface area contributed by atoms with Crippen LogP contribution in [0.4, 0.5) is 5.69 Å². The van der Waals surface area contributed by atoms with Crippen molar-refractivity contribution < 1.29 is 18.3 Å². The van der Waals surface area contributed by atoms with E-state index in [0.29, 0.717) is 17.7 Å². The normalized spacial score (nSPS) is 16.6. The molecular weight excluding hydrogens is 340 g/mol. The summed E-state index contributed by atoms with van der Waals surface area (Å²) < 4.78 is 27.4. The summed E-state index contributed by atoms with van der Waals surface area (Å²) in [5.74, 6) is -0.283. The lowest BCUT2D eigenvalue weighted by Crippen LogP contribution is -2.35. The van der Waals surface area contributed by atoms with E-state index in [9.17, 15) is 13.2 Å². The minimum absolute atomic E-state index is 0.128. The number of aliphatic hydroxyl groups excluding tert-OH is 1. The smallest absolute Gasteiger partial charge is 0.264 e. The highest BCUT2D eigenvalue weighted by molar-refractivity contribution is 7.92. The third-order valence-electron chi connectivity index (χ3n) is 4.19. The van der Waals surface area contributed by atoms with Gasteiger partial charge in [0.25, 0.3) is 15.9 Å². The van der Waals surface area contributed by atoms with E-state index in [0.717, 1.165) is 5.56 Å². The van der Waals surface area contributed by atoms with Crippen molar-refractivity contribution in [1.82, 2.24) is 5.32 Å². The second-order valence-corrected chi connectivity index (χ2v) is 7.80. The van der Waals surface area contributed by atoms with E-state index in [1.807, 2.05) is 6.92 Å². The van der Waals surface area contributed by atoms with Crippen molar-refractivity contribution >= 4 is 21.6 Å². The Morgan fingerprint density at radius 2 is 1.96 bits per heavy atom. The number of rotatable bonds is 5. The highest BCUT2D eigenvalue weighted by Gasteiger charge is 2.36. The zero-order valence-electron chi connectivity index (χ0n) is 13.8. The Bertz CT molecular complexity index is 881. The molecule has 2 N–H and O–H groups in total. The van der Waals surface area contributed by atoms with Crippen LogP contribution in [-0.4, -0.2) is 38.6 Å². The molecule has 132 valence electrons. The molecule has 2 aromatic carbocycles. The van der Waals surface area contributed by atoms with Gasteiger partial charge in [0.1, 0.15) is 0 Å². The zero-order chi connectivity index (χ0) is 18.0. The Labute approximate surface area is 147 Å². The van der Waals surface area contributed by atoms with Crippen LogP contribution in [0.3, 0.4) is 0 Å². The Morgan fingerprint density at radius 3 is 2.64 bits per heavy atom. The van der Waals surface area contributed by atoms with Gasteiger partial charge >= 0.3 is 0 Å². The topological polar surface area (TPSA) is 86.7 Å². The van der Waals surface area contributed by atoms with Crippen molar-refractivity contribution in [2.45, 2.75) is 24.3 Å². The van der Waals surface area contributed by atoms with Crippen molar-refractivity contribution in [2.24, 2.45) is 0 Å². The second-order valence-electron chi connectivity index (χ2n) is 5.99. The summed E-state index contributed by atoms with van der Waals surface area (Å²) in [7, 11) is -3.65. The summed E-state index contributed by atoms with van der Waals surface area (Å²) >= 11 is 0. The number of aliphatic hydroxyl groups is 1. The van der Waals surface area contributed by atoms with Gasteiger partial charge in [-0.3, -0.25) is 9.10 Å². The largest absolute Gasteiger partial charge is 0.395 e. The first-order valence-electron chi connectivity index (χ1n) is 8.06. The maximum Gasteiger partial charge on any atom is 0.264 e. The lowest BCUT2D eigenvalue weighted by molar-refractivity contribution is 0.0944. The quantitative estimate of drug-likeness (QED) is 0.847. The van der Waals surface area contributed by atoms with Crippen molar-refractivity contribution in [3.05, 3.63) is 59.7 Å². The molecule has 1 amide bonds. The van der Waals surface area contributed by atoms with E-state index in [1.54, 1.807) is 48.5 Å². The van der Waals surface area contributed by atoms with Gasteiger partial charge in [0.15, 0.2) is 0 Å². The number of fused-ring (bicyclic) bond motifs is 1. The average Bonchev–Trinajstić information content (AvgIpc) is 2.95. The van der Waals surface area contributed by atoms with E-state index in [-0.39, 0.29) is 30.0 Å². The highest BCUT2D eigenvalue weighted by Crippen LogP contribution is 2.37. The molecule has 0 fully saturated rings. The van der Waals surface area contributed by atoms with Crippen LogP contribution in [0.15, 0.2) is 53.4 Å². The van der Waals surface area contributed by atoms with E-state index in [2.05, 4.69) is 5.32 Å². The van der Waals surface area contributed by atoms with Crippen molar-refractivity contribution in [3.63, 3.8) is 0 Å². The molecule has 1 atom stereocenters. The summed E-state index contributed by atoms with van der Waals surface area (Å²) in [6, 6.07) is 13.1. The number of anilines is 1. The number of hydrogen-bond acceptors (Lipinski definition) is 4. The summed E-state index contributed by atoms with van der Waals surface area (Å²) in [4.78, 5) is 12.3. The number of sulfonamides is 1. The summed E-state index contributed by atoms with van der Waals surface area (Å²) in [5.41, 5.74) is 1.89. The number of nitrogens with zero attached hydrogens (tertiary/aromatic N) is 1. The molecule has 0 saturated carbocycles. The highest BCUT2D eigenvalue weighted by atomic mass is 32.2. The predicted molar refractivity (Wildman–Crippen MR) is 95.1 cm³/mol. The molecular formula is C18H20N2O4S. The first-order valence-corrected chi connectivity index (χ1v) is 9.50. The summed E-state index contributed by atoms with van der Waals surface area (Å²) in [6.07, 6.45) is 0.544. The Balaban J connectivity index is 1.95. The monoisotopic (exact) mass is 360 g/mol. The van der Waals surface area contributed by atoms with Crippen LogP contribution in [0.1, 0.15) is 22.8 Å². The number of carbonyl (C=O) groups excluding carboxylic acids is 1. The Hall–Kier alpha value is -2.38. The molecule has 1 aliphatic heterocycles. The van der Waals surface area contributed by atoms with Crippen LogP contribution >= 0.6 is 0 Å². The van der Waals surface area contributed by atoms with Gasteiger partial charge in [-0.2, -0.15) is 0 Å². The molecule has 3 rings (SSSR count). The van der Waals surface area contributed by atoms with Crippen LogP contribution in [0.5, 0.6) is 0 Å². The first-order chi connectivity index (χ1) is 11.9. The lowest BCUT2D eigenvalue weighted by Gasteiger charge is -2.24. The molecule has 0 aliphatic carbocycles. The number of carbonyl (C=O) groups is 1. The van der Waals surface area contributed by atoms with Crippen molar-refractivity contribution in [1.29, 1.82) is 0 Å². The molecule has 0 saturated heterocycles. The van der Waals surface area contributed by atoms with Crippen LogP contribution in [0, 0.1) is 0 Å². The second kappa shape index (κ2) is 6.85. The average molecular weight is 360 g/mol. The summed E-state index contributed by atoms with van der Waals surface area (Å²) in [6.45, 7) is 1.91. The van der Waals surface area contributed by atoms with E-state index in [4.69, 9.17) is 5.11 Å². The minimum Gasteiger partial charge on any atom is -0.395 e. The molecule has 1 aliphatic rings.